The first-order chi connectivity index (χ1) is 8.77. The third-order valence-corrected chi connectivity index (χ3v) is 6.44. The van der Waals surface area contributed by atoms with E-state index in [0.29, 0.717) is 16.5 Å². The molecule has 4 unspecified atom stereocenters. The quantitative estimate of drug-likeness (QED) is 0.779. The summed E-state index contributed by atoms with van der Waals surface area (Å²) in [6, 6.07) is 8.99. The molecule has 1 aliphatic carbocycles. The van der Waals surface area contributed by atoms with Crippen molar-refractivity contribution < 1.29 is 4.21 Å². The summed E-state index contributed by atoms with van der Waals surface area (Å²) in [4.78, 5) is 0. The molecule has 0 spiro atoms. The molecule has 3 heteroatoms. The molecular weight excluding hydrogens is 242 g/mol. The Morgan fingerprint density at radius 2 is 2.11 bits per heavy atom. The van der Waals surface area contributed by atoms with Crippen LogP contribution in [-0.2, 0) is 17.2 Å². The second-order valence-electron chi connectivity index (χ2n) is 5.49. The van der Waals surface area contributed by atoms with Gasteiger partial charge in [0.15, 0.2) is 0 Å². The van der Waals surface area contributed by atoms with Crippen LogP contribution in [0.4, 0.5) is 0 Å². The van der Waals surface area contributed by atoms with Crippen LogP contribution in [0.1, 0.15) is 43.4 Å². The largest absolute Gasteiger partial charge is 0.309 e. The van der Waals surface area contributed by atoms with Gasteiger partial charge in [-0.25, -0.2) is 0 Å². The average Bonchev–Trinajstić information content (AvgIpc) is 2.64. The van der Waals surface area contributed by atoms with E-state index in [-0.39, 0.29) is 0 Å². The summed E-state index contributed by atoms with van der Waals surface area (Å²) in [7, 11) is -0.700. The van der Waals surface area contributed by atoms with Gasteiger partial charge in [-0.3, -0.25) is 4.21 Å². The van der Waals surface area contributed by atoms with E-state index in [1.54, 1.807) is 0 Å². The van der Waals surface area contributed by atoms with Crippen molar-refractivity contribution in [1.82, 2.24) is 5.32 Å². The normalized spacial score (nSPS) is 36.1. The van der Waals surface area contributed by atoms with Gasteiger partial charge in [0.25, 0.3) is 0 Å². The fourth-order valence-corrected chi connectivity index (χ4v) is 5.13. The van der Waals surface area contributed by atoms with Gasteiger partial charge in [0.1, 0.15) is 0 Å². The van der Waals surface area contributed by atoms with Crippen molar-refractivity contribution >= 4 is 10.8 Å². The fourth-order valence-electron chi connectivity index (χ4n) is 3.27. The lowest BCUT2D eigenvalue weighted by Crippen LogP contribution is -2.33. The van der Waals surface area contributed by atoms with Crippen molar-refractivity contribution in [2.45, 2.75) is 49.1 Å². The summed E-state index contributed by atoms with van der Waals surface area (Å²) in [5, 5.41) is 4.28. The monoisotopic (exact) mass is 263 g/mol. The van der Waals surface area contributed by atoms with Crippen LogP contribution >= 0.6 is 0 Å². The maximum atomic E-state index is 12.6. The number of nitrogens with one attached hydrogen (secondary N) is 1. The van der Waals surface area contributed by atoms with Gasteiger partial charge in [-0.15, -0.1) is 0 Å². The first-order valence-corrected chi connectivity index (χ1v) is 8.25. The Morgan fingerprint density at radius 1 is 1.28 bits per heavy atom. The van der Waals surface area contributed by atoms with E-state index in [4.69, 9.17) is 0 Å². The minimum absolute atomic E-state index is 0.297. The minimum atomic E-state index is -0.700. The van der Waals surface area contributed by atoms with Gasteiger partial charge in [-0.05, 0) is 43.4 Å². The molecule has 2 aliphatic rings. The first-order valence-electron chi connectivity index (χ1n) is 6.98. The van der Waals surface area contributed by atoms with Crippen molar-refractivity contribution in [2.75, 3.05) is 6.54 Å². The van der Waals surface area contributed by atoms with E-state index < -0.39 is 10.8 Å². The molecule has 3 rings (SSSR count). The highest BCUT2D eigenvalue weighted by Gasteiger charge is 2.35. The molecule has 0 amide bonds. The van der Waals surface area contributed by atoms with E-state index >= 15 is 0 Å². The van der Waals surface area contributed by atoms with E-state index in [1.165, 1.54) is 17.5 Å². The minimum Gasteiger partial charge on any atom is -0.309 e. The van der Waals surface area contributed by atoms with Crippen molar-refractivity contribution in [1.29, 1.82) is 0 Å². The molecule has 1 aromatic carbocycles. The van der Waals surface area contributed by atoms with Crippen LogP contribution in [0.3, 0.4) is 0 Å². The molecule has 1 aromatic rings. The number of benzene rings is 1. The van der Waals surface area contributed by atoms with Gasteiger partial charge in [-0.1, -0.05) is 31.2 Å². The van der Waals surface area contributed by atoms with Gasteiger partial charge in [-0.2, -0.15) is 0 Å². The average molecular weight is 263 g/mol. The van der Waals surface area contributed by atoms with Gasteiger partial charge in [0, 0.05) is 22.1 Å². The summed E-state index contributed by atoms with van der Waals surface area (Å²) in [6.07, 6.45) is 4.42. The Hall–Kier alpha value is -0.670. The van der Waals surface area contributed by atoms with Crippen LogP contribution < -0.4 is 5.32 Å². The van der Waals surface area contributed by atoms with Gasteiger partial charge >= 0.3 is 0 Å². The molecule has 1 aliphatic heterocycles. The number of fused-ring (bicyclic) bond motifs is 3. The van der Waals surface area contributed by atoms with E-state index in [0.717, 1.165) is 25.8 Å². The smallest absolute Gasteiger partial charge is 0.0545 e. The van der Waals surface area contributed by atoms with Crippen molar-refractivity contribution in [2.24, 2.45) is 0 Å². The highest BCUT2D eigenvalue weighted by molar-refractivity contribution is 7.86. The highest BCUT2D eigenvalue weighted by atomic mass is 32.2. The third kappa shape index (κ3) is 2.14. The molecule has 1 N–H and O–H groups in total. The highest BCUT2D eigenvalue weighted by Crippen LogP contribution is 2.34. The maximum Gasteiger partial charge on any atom is 0.0545 e. The number of hydrogen-bond acceptors (Lipinski definition) is 2. The maximum absolute atomic E-state index is 12.6. The fraction of sp³-hybridized carbons (Fsp3) is 0.600. The summed E-state index contributed by atoms with van der Waals surface area (Å²) >= 11 is 0. The lowest BCUT2D eigenvalue weighted by molar-refractivity contribution is 0.505. The lowest BCUT2D eigenvalue weighted by atomic mass is 9.99. The van der Waals surface area contributed by atoms with E-state index in [1.807, 2.05) is 0 Å². The molecule has 1 heterocycles. The van der Waals surface area contributed by atoms with Crippen LogP contribution in [0, 0.1) is 0 Å². The molecule has 0 radical (unpaired) electrons. The number of aryl methyl sites for hydroxylation is 1. The molecule has 18 heavy (non-hydrogen) atoms. The third-order valence-electron chi connectivity index (χ3n) is 4.31. The van der Waals surface area contributed by atoms with Crippen LogP contribution in [0.5, 0.6) is 0 Å². The van der Waals surface area contributed by atoms with Crippen LogP contribution in [0.15, 0.2) is 24.3 Å². The zero-order valence-corrected chi connectivity index (χ0v) is 11.7. The van der Waals surface area contributed by atoms with Crippen molar-refractivity contribution in [3.63, 3.8) is 0 Å². The Balaban J connectivity index is 2.02. The molecule has 1 saturated heterocycles. The summed E-state index contributed by atoms with van der Waals surface area (Å²) in [5.41, 5.74) is 2.84. The van der Waals surface area contributed by atoms with Crippen LogP contribution in [0.25, 0.3) is 0 Å². The van der Waals surface area contributed by atoms with Crippen LogP contribution in [0.2, 0.25) is 0 Å². The van der Waals surface area contributed by atoms with Gasteiger partial charge < -0.3 is 5.32 Å². The molecule has 98 valence electrons. The zero-order valence-electron chi connectivity index (χ0n) is 10.9. The van der Waals surface area contributed by atoms with E-state index in [2.05, 4.69) is 36.5 Å². The SMILES string of the molecule is CC1CCNC2c3ccccc3CCCC2S1=O. The second-order valence-corrected chi connectivity index (χ2v) is 7.56. The first kappa shape index (κ1) is 12.4. The standard InChI is InChI=1S/C15H21NOS/c1-11-9-10-16-15-13-7-3-2-5-12(13)6-4-8-14(15)18(11)17/h2-3,5,7,11,14-16H,4,6,8-10H2,1H3. The molecule has 1 fully saturated rings. The van der Waals surface area contributed by atoms with Gasteiger partial charge in [0.2, 0.25) is 0 Å². The Morgan fingerprint density at radius 3 is 3.00 bits per heavy atom. The Labute approximate surface area is 112 Å². The number of hydrogen-bond donors (Lipinski definition) is 1. The molecule has 0 bridgehead atoms. The summed E-state index contributed by atoms with van der Waals surface area (Å²) < 4.78 is 12.6. The van der Waals surface area contributed by atoms with E-state index in [9.17, 15) is 4.21 Å². The molecule has 0 aromatic heterocycles. The Bertz CT molecular complexity index is 460. The second kappa shape index (κ2) is 5.14. The van der Waals surface area contributed by atoms with Gasteiger partial charge in [0.05, 0.1) is 5.25 Å². The zero-order chi connectivity index (χ0) is 12.5. The molecule has 4 atom stereocenters. The van der Waals surface area contributed by atoms with Crippen molar-refractivity contribution in [3.8, 4) is 0 Å². The van der Waals surface area contributed by atoms with Crippen LogP contribution in [-0.4, -0.2) is 21.3 Å². The topological polar surface area (TPSA) is 29.1 Å². The number of rotatable bonds is 0. The van der Waals surface area contributed by atoms with Crippen molar-refractivity contribution in [3.05, 3.63) is 35.4 Å². The molecule has 0 saturated carbocycles. The summed E-state index contributed by atoms with van der Waals surface area (Å²) in [5.74, 6) is 0. The predicted octanol–water partition coefficient (Wildman–Crippen LogP) is 2.56. The lowest BCUT2D eigenvalue weighted by Gasteiger charge is -2.25. The predicted molar refractivity (Wildman–Crippen MR) is 76.1 cm³/mol. The molecular formula is C15H21NOS. The Kier molecular flexibility index (Phi) is 3.53. The summed E-state index contributed by atoms with van der Waals surface area (Å²) in [6.45, 7) is 3.12. The molecule has 2 nitrogen and oxygen atoms in total.